The first kappa shape index (κ1) is 19.6. The number of fused-ring (bicyclic) bond motifs is 1. The molecule has 32 heavy (non-hydrogen) atoms. The molecule has 3 heterocycles. The largest absolute Gasteiger partial charge is 0.340 e. The van der Waals surface area contributed by atoms with Gasteiger partial charge >= 0.3 is 0 Å². The van der Waals surface area contributed by atoms with Gasteiger partial charge in [-0.3, -0.25) is 10.1 Å². The maximum Gasteiger partial charge on any atom is 0.159 e. The van der Waals surface area contributed by atoms with Crippen LogP contribution in [0.25, 0.3) is 39.1 Å². The molecule has 5 rings (SSSR count). The second kappa shape index (κ2) is 8.07. The molecule has 2 aromatic carbocycles. The van der Waals surface area contributed by atoms with Crippen molar-refractivity contribution in [2.24, 2.45) is 0 Å². The van der Waals surface area contributed by atoms with Crippen molar-refractivity contribution in [1.29, 1.82) is 0 Å². The normalized spacial score (nSPS) is 11.8. The number of H-pyrrole nitrogens is 2. The summed E-state index contributed by atoms with van der Waals surface area (Å²) in [7, 11) is 0. The fraction of sp³-hybridized carbons (Fsp3) is 0.0385. The number of pyridine rings is 1. The summed E-state index contributed by atoms with van der Waals surface area (Å²) in [6.07, 6.45) is 7.07. The predicted octanol–water partition coefficient (Wildman–Crippen LogP) is 6.08. The number of allylic oxidation sites excluding steroid dienone is 2. The molecule has 0 unspecified atom stereocenters. The van der Waals surface area contributed by atoms with Crippen molar-refractivity contribution >= 4 is 16.5 Å². The Labute approximate surface area is 184 Å². The molecule has 5 aromatic rings. The fourth-order valence-corrected chi connectivity index (χ4v) is 3.84. The van der Waals surface area contributed by atoms with Gasteiger partial charge in [-0.15, -0.1) is 0 Å². The number of halogens is 1. The van der Waals surface area contributed by atoms with Crippen molar-refractivity contribution < 1.29 is 4.39 Å². The van der Waals surface area contributed by atoms with Crippen LogP contribution in [0.2, 0.25) is 0 Å². The summed E-state index contributed by atoms with van der Waals surface area (Å²) in [5.41, 5.74) is 6.90. The number of nitrogens with one attached hydrogen (secondary N) is 2. The third-order valence-electron chi connectivity index (χ3n) is 5.36. The minimum absolute atomic E-state index is 0.298. The van der Waals surface area contributed by atoms with E-state index in [1.54, 1.807) is 24.5 Å². The lowest BCUT2D eigenvalue weighted by Gasteiger charge is -2.06. The van der Waals surface area contributed by atoms with Gasteiger partial charge in [0.2, 0.25) is 0 Å². The van der Waals surface area contributed by atoms with Gasteiger partial charge in [-0.2, -0.15) is 5.10 Å². The molecular formula is C26H20FN5. The van der Waals surface area contributed by atoms with E-state index in [0.29, 0.717) is 5.82 Å². The minimum atomic E-state index is -0.298. The first-order chi connectivity index (χ1) is 15.6. The van der Waals surface area contributed by atoms with Crippen LogP contribution >= 0.6 is 0 Å². The summed E-state index contributed by atoms with van der Waals surface area (Å²) in [5.74, 6) is 0.342. The molecule has 0 saturated carbocycles. The lowest BCUT2D eigenvalue weighted by Crippen LogP contribution is -1.92. The molecule has 2 N–H and O–H groups in total. The molecule has 0 aliphatic heterocycles. The van der Waals surface area contributed by atoms with Crippen LogP contribution in [0, 0.1) is 12.7 Å². The second-order valence-electron chi connectivity index (χ2n) is 7.45. The molecule has 0 radical (unpaired) electrons. The third-order valence-corrected chi connectivity index (χ3v) is 5.36. The van der Waals surface area contributed by atoms with Crippen LogP contribution in [0.15, 0.2) is 85.7 Å². The van der Waals surface area contributed by atoms with E-state index < -0.39 is 0 Å². The number of aromatic amines is 2. The smallest absolute Gasteiger partial charge is 0.159 e. The highest BCUT2D eigenvalue weighted by Gasteiger charge is 2.18. The molecule has 0 amide bonds. The van der Waals surface area contributed by atoms with Crippen LogP contribution in [0.3, 0.4) is 0 Å². The van der Waals surface area contributed by atoms with Crippen molar-refractivity contribution in [3.8, 4) is 22.6 Å². The molecule has 0 aliphatic rings. The average molecular weight is 421 g/mol. The Hall–Kier alpha value is -4.32. The van der Waals surface area contributed by atoms with Crippen molar-refractivity contribution in [1.82, 2.24) is 25.1 Å². The van der Waals surface area contributed by atoms with Gasteiger partial charge in [-0.05, 0) is 60.0 Å². The molecule has 156 valence electrons. The number of rotatable bonds is 5. The second-order valence-corrected chi connectivity index (χ2v) is 7.45. The molecule has 5 nitrogen and oxygen atoms in total. The number of imidazole rings is 1. The molecule has 3 aromatic heterocycles. The number of aryl methyl sites for hydroxylation is 1. The van der Waals surface area contributed by atoms with Crippen LogP contribution in [-0.2, 0) is 0 Å². The summed E-state index contributed by atoms with van der Waals surface area (Å²) >= 11 is 0. The van der Waals surface area contributed by atoms with Crippen LogP contribution in [0.4, 0.5) is 4.39 Å². The SMILES string of the molecule is C=C/C=C(/c1cccc(F)c1)c1nc(-c2n[nH]c3ccc(-c4ccncc4)cc23)[nH]c1C. The first-order valence-corrected chi connectivity index (χ1v) is 10.2. The first-order valence-electron chi connectivity index (χ1n) is 10.2. The number of aromatic nitrogens is 5. The van der Waals surface area contributed by atoms with Crippen molar-refractivity contribution in [2.75, 3.05) is 0 Å². The predicted molar refractivity (Wildman–Crippen MR) is 125 cm³/mol. The van der Waals surface area contributed by atoms with E-state index in [2.05, 4.69) is 32.8 Å². The summed E-state index contributed by atoms with van der Waals surface area (Å²) in [6.45, 7) is 5.75. The molecule has 0 aliphatic carbocycles. The standard InChI is InChI=1S/C26H20FN5/c1-3-5-21(19-6-4-7-20(27)14-19)24-16(2)29-26(30-24)25-22-15-18(8-9-23(22)31-32-25)17-10-12-28-13-11-17/h3-15H,1H2,2H3,(H,29,30)(H,31,32)/b21-5-. The Morgan fingerprint density at radius 2 is 1.88 bits per heavy atom. The van der Waals surface area contributed by atoms with Gasteiger partial charge in [-0.1, -0.05) is 36.9 Å². The topological polar surface area (TPSA) is 70.2 Å². The zero-order valence-electron chi connectivity index (χ0n) is 17.4. The van der Waals surface area contributed by atoms with E-state index in [9.17, 15) is 4.39 Å². The minimum Gasteiger partial charge on any atom is -0.340 e. The zero-order valence-corrected chi connectivity index (χ0v) is 17.4. The van der Waals surface area contributed by atoms with E-state index in [0.717, 1.165) is 50.2 Å². The van der Waals surface area contributed by atoms with Gasteiger partial charge < -0.3 is 4.98 Å². The van der Waals surface area contributed by atoms with Crippen molar-refractivity contribution in [2.45, 2.75) is 6.92 Å². The third kappa shape index (κ3) is 3.52. The highest BCUT2D eigenvalue weighted by molar-refractivity contribution is 5.94. The highest BCUT2D eigenvalue weighted by Crippen LogP contribution is 2.32. The van der Waals surface area contributed by atoms with E-state index in [4.69, 9.17) is 4.98 Å². The Bertz CT molecular complexity index is 1460. The lowest BCUT2D eigenvalue weighted by molar-refractivity contribution is 0.627. The van der Waals surface area contributed by atoms with Crippen LogP contribution < -0.4 is 0 Å². The van der Waals surface area contributed by atoms with E-state index >= 15 is 0 Å². The van der Waals surface area contributed by atoms with Gasteiger partial charge in [0.15, 0.2) is 5.82 Å². The average Bonchev–Trinajstić information content (AvgIpc) is 3.41. The zero-order chi connectivity index (χ0) is 22.1. The van der Waals surface area contributed by atoms with Gasteiger partial charge in [-0.25, -0.2) is 9.37 Å². The number of hydrogen-bond acceptors (Lipinski definition) is 3. The Kier molecular flexibility index (Phi) is 4.95. The molecule has 0 saturated heterocycles. The maximum absolute atomic E-state index is 13.9. The Balaban J connectivity index is 1.62. The van der Waals surface area contributed by atoms with Crippen molar-refractivity contribution in [3.63, 3.8) is 0 Å². The lowest BCUT2D eigenvalue weighted by atomic mass is 10.0. The summed E-state index contributed by atoms with van der Waals surface area (Å²) in [4.78, 5) is 12.3. The van der Waals surface area contributed by atoms with Crippen LogP contribution in [0.5, 0.6) is 0 Å². The summed E-state index contributed by atoms with van der Waals surface area (Å²) in [5, 5.41) is 8.56. The maximum atomic E-state index is 13.9. The van der Waals surface area contributed by atoms with Gasteiger partial charge in [0.05, 0.1) is 11.2 Å². The molecule has 0 atom stereocenters. The van der Waals surface area contributed by atoms with E-state index in [1.165, 1.54) is 12.1 Å². The number of hydrogen-bond donors (Lipinski definition) is 2. The van der Waals surface area contributed by atoms with Gasteiger partial charge in [0.25, 0.3) is 0 Å². The van der Waals surface area contributed by atoms with E-state index in [-0.39, 0.29) is 5.82 Å². The monoisotopic (exact) mass is 421 g/mol. The Morgan fingerprint density at radius 3 is 2.66 bits per heavy atom. The number of nitrogens with zero attached hydrogens (tertiary/aromatic N) is 3. The summed E-state index contributed by atoms with van der Waals surface area (Å²) in [6, 6.07) is 16.6. The van der Waals surface area contributed by atoms with Crippen molar-refractivity contribution in [3.05, 3.63) is 108 Å². The Morgan fingerprint density at radius 1 is 1.03 bits per heavy atom. The van der Waals surface area contributed by atoms with E-state index in [1.807, 2.05) is 43.3 Å². The molecular weight excluding hydrogens is 401 g/mol. The molecule has 0 fully saturated rings. The molecule has 0 spiro atoms. The van der Waals surface area contributed by atoms with Gasteiger partial charge in [0, 0.05) is 29.0 Å². The highest BCUT2D eigenvalue weighted by atomic mass is 19.1. The quantitative estimate of drug-likeness (QED) is 0.338. The van der Waals surface area contributed by atoms with Gasteiger partial charge in [0.1, 0.15) is 11.5 Å². The summed E-state index contributed by atoms with van der Waals surface area (Å²) < 4.78 is 13.9. The fourth-order valence-electron chi connectivity index (χ4n) is 3.84. The van der Waals surface area contributed by atoms with Crippen LogP contribution in [-0.4, -0.2) is 25.1 Å². The van der Waals surface area contributed by atoms with Crippen LogP contribution in [0.1, 0.15) is 17.0 Å². The molecule has 6 heteroatoms. The number of benzene rings is 2. The molecule has 0 bridgehead atoms.